The highest BCUT2D eigenvalue weighted by Gasteiger charge is 2.34. The minimum absolute atomic E-state index is 0.0433. The lowest BCUT2D eigenvalue weighted by molar-refractivity contribution is -0.131. The lowest BCUT2D eigenvalue weighted by Crippen LogP contribution is -2.43. The Hall–Kier alpha value is -0.570. The molecule has 3 nitrogen and oxygen atoms in total. The topological polar surface area (TPSA) is 46.3 Å². The van der Waals surface area contributed by atoms with Gasteiger partial charge >= 0.3 is 0 Å². The fourth-order valence-corrected chi connectivity index (χ4v) is 1.38. The van der Waals surface area contributed by atoms with Gasteiger partial charge in [-0.05, 0) is 20.8 Å². The second kappa shape index (κ2) is 2.48. The molecule has 0 aromatic rings. The highest BCUT2D eigenvalue weighted by atomic mass is 16.2. The van der Waals surface area contributed by atoms with E-state index in [2.05, 4.69) is 0 Å². The molecular formula is C8H16N2O. The monoisotopic (exact) mass is 156 g/mol. The molecule has 64 valence electrons. The average Bonchev–Trinajstić information content (AvgIpc) is 2.08. The lowest BCUT2D eigenvalue weighted by Gasteiger charge is -2.31. The second-order valence-corrected chi connectivity index (χ2v) is 4.14. The summed E-state index contributed by atoms with van der Waals surface area (Å²) in [4.78, 5) is 13.1. The third-order valence-corrected chi connectivity index (χ3v) is 1.96. The Balaban J connectivity index is 2.68. The van der Waals surface area contributed by atoms with Crippen molar-refractivity contribution in [2.45, 2.75) is 38.8 Å². The molecular weight excluding hydrogens is 140 g/mol. The van der Waals surface area contributed by atoms with E-state index in [0.29, 0.717) is 13.0 Å². The number of amides is 1. The Morgan fingerprint density at radius 1 is 1.55 bits per heavy atom. The molecule has 0 aromatic heterocycles. The minimum atomic E-state index is -0.0643. The lowest BCUT2D eigenvalue weighted by atomic mass is 10.1. The normalized spacial score (nSPS) is 26.4. The highest BCUT2D eigenvalue weighted by Crippen LogP contribution is 2.20. The molecule has 1 fully saturated rings. The van der Waals surface area contributed by atoms with Gasteiger partial charge in [0.1, 0.15) is 0 Å². The number of hydrogen-bond donors (Lipinski definition) is 1. The predicted molar refractivity (Wildman–Crippen MR) is 44.1 cm³/mol. The number of rotatable bonds is 0. The molecule has 2 N–H and O–H groups in total. The van der Waals surface area contributed by atoms with E-state index >= 15 is 0 Å². The molecule has 0 aliphatic carbocycles. The summed E-state index contributed by atoms with van der Waals surface area (Å²) in [6.07, 6.45) is 0.511. The van der Waals surface area contributed by atoms with Crippen LogP contribution in [-0.4, -0.2) is 28.9 Å². The number of likely N-dealkylation sites (tertiary alicyclic amines) is 1. The Bertz CT molecular complexity index is 171. The summed E-state index contributed by atoms with van der Waals surface area (Å²) in [5.41, 5.74) is 5.59. The maximum absolute atomic E-state index is 11.3. The number of nitrogens with zero attached hydrogens (tertiary/aromatic N) is 1. The van der Waals surface area contributed by atoms with Crippen LogP contribution in [-0.2, 0) is 4.79 Å². The summed E-state index contributed by atoms with van der Waals surface area (Å²) >= 11 is 0. The van der Waals surface area contributed by atoms with Gasteiger partial charge < -0.3 is 10.6 Å². The van der Waals surface area contributed by atoms with E-state index in [-0.39, 0.29) is 17.5 Å². The molecule has 0 saturated carbocycles. The van der Waals surface area contributed by atoms with Crippen LogP contribution in [0.15, 0.2) is 0 Å². The molecule has 0 bridgehead atoms. The maximum Gasteiger partial charge on any atom is 0.224 e. The quantitative estimate of drug-likeness (QED) is 0.550. The van der Waals surface area contributed by atoms with Gasteiger partial charge in [-0.3, -0.25) is 4.79 Å². The predicted octanol–water partition coefficient (Wildman–Crippen LogP) is 0.344. The van der Waals surface area contributed by atoms with E-state index in [4.69, 9.17) is 5.73 Å². The Kier molecular flexibility index (Phi) is 1.92. The van der Waals surface area contributed by atoms with Crippen LogP contribution in [0.1, 0.15) is 27.2 Å². The van der Waals surface area contributed by atoms with E-state index < -0.39 is 0 Å². The first-order valence-electron chi connectivity index (χ1n) is 3.97. The van der Waals surface area contributed by atoms with Gasteiger partial charge in [0.05, 0.1) is 0 Å². The Morgan fingerprint density at radius 3 is 2.27 bits per heavy atom. The smallest absolute Gasteiger partial charge is 0.224 e. The van der Waals surface area contributed by atoms with E-state index in [1.807, 2.05) is 25.7 Å². The van der Waals surface area contributed by atoms with E-state index in [1.54, 1.807) is 0 Å². The molecule has 1 amide bonds. The van der Waals surface area contributed by atoms with Crippen LogP contribution in [0.25, 0.3) is 0 Å². The molecule has 0 aromatic carbocycles. The summed E-state index contributed by atoms with van der Waals surface area (Å²) < 4.78 is 0. The molecule has 1 saturated heterocycles. The van der Waals surface area contributed by atoms with E-state index in [1.165, 1.54) is 0 Å². The van der Waals surface area contributed by atoms with E-state index in [9.17, 15) is 4.79 Å². The van der Waals surface area contributed by atoms with Crippen molar-refractivity contribution in [2.24, 2.45) is 5.73 Å². The van der Waals surface area contributed by atoms with Crippen molar-refractivity contribution >= 4 is 5.91 Å². The third-order valence-electron chi connectivity index (χ3n) is 1.96. The SMILES string of the molecule is CC(C)(C)N1CC(N)CC1=O. The van der Waals surface area contributed by atoms with Crippen molar-refractivity contribution in [3.8, 4) is 0 Å². The van der Waals surface area contributed by atoms with Gasteiger partial charge in [-0.1, -0.05) is 0 Å². The zero-order valence-corrected chi connectivity index (χ0v) is 7.42. The zero-order chi connectivity index (χ0) is 8.65. The minimum Gasteiger partial charge on any atom is -0.336 e. The molecule has 1 aliphatic rings. The molecule has 1 aliphatic heterocycles. The molecule has 1 rings (SSSR count). The molecule has 0 spiro atoms. The first-order chi connectivity index (χ1) is 4.91. The average molecular weight is 156 g/mol. The Morgan fingerprint density at radius 2 is 2.09 bits per heavy atom. The first-order valence-corrected chi connectivity index (χ1v) is 3.97. The van der Waals surface area contributed by atoms with Gasteiger partial charge in [0.25, 0.3) is 0 Å². The van der Waals surface area contributed by atoms with Gasteiger partial charge in [0.15, 0.2) is 0 Å². The maximum atomic E-state index is 11.3. The van der Waals surface area contributed by atoms with Crippen molar-refractivity contribution in [1.82, 2.24) is 4.90 Å². The van der Waals surface area contributed by atoms with Crippen molar-refractivity contribution in [2.75, 3.05) is 6.54 Å². The summed E-state index contributed by atoms with van der Waals surface area (Å²) in [7, 11) is 0. The van der Waals surface area contributed by atoms with E-state index in [0.717, 1.165) is 0 Å². The number of nitrogens with two attached hydrogens (primary N) is 1. The van der Waals surface area contributed by atoms with Crippen molar-refractivity contribution in [3.05, 3.63) is 0 Å². The molecule has 0 radical (unpaired) electrons. The van der Waals surface area contributed by atoms with Gasteiger partial charge in [-0.15, -0.1) is 0 Å². The van der Waals surface area contributed by atoms with Crippen molar-refractivity contribution in [1.29, 1.82) is 0 Å². The Labute approximate surface area is 67.5 Å². The largest absolute Gasteiger partial charge is 0.336 e. The van der Waals surface area contributed by atoms with Crippen LogP contribution in [0.4, 0.5) is 0 Å². The van der Waals surface area contributed by atoms with Crippen LogP contribution >= 0.6 is 0 Å². The van der Waals surface area contributed by atoms with Gasteiger partial charge in [-0.25, -0.2) is 0 Å². The van der Waals surface area contributed by atoms with Crippen molar-refractivity contribution < 1.29 is 4.79 Å². The highest BCUT2D eigenvalue weighted by molar-refractivity contribution is 5.79. The zero-order valence-electron chi connectivity index (χ0n) is 7.42. The summed E-state index contributed by atoms with van der Waals surface area (Å²) in [6, 6.07) is 0.0433. The fourth-order valence-electron chi connectivity index (χ4n) is 1.38. The van der Waals surface area contributed by atoms with Gasteiger partial charge in [0, 0.05) is 24.5 Å². The van der Waals surface area contributed by atoms with Crippen LogP contribution in [0.2, 0.25) is 0 Å². The fraction of sp³-hybridized carbons (Fsp3) is 0.875. The van der Waals surface area contributed by atoms with Crippen LogP contribution < -0.4 is 5.73 Å². The molecule has 1 atom stereocenters. The number of carbonyl (C=O) groups is 1. The number of carbonyl (C=O) groups excluding carboxylic acids is 1. The molecule has 1 unspecified atom stereocenters. The van der Waals surface area contributed by atoms with Crippen LogP contribution in [0.5, 0.6) is 0 Å². The second-order valence-electron chi connectivity index (χ2n) is 4.14. The molecule has 3 heteroatoms. The van der Waals surface area contributed by atoms with Gasteiger partial charge in [0.2, 0.25) is 5.91 Å². The standard InChI is InChI=1S/C8H16N2O/c1-8(2,3)10-5-6(9)4-7(10)11/h6H,4-5,9H2,1-3H3. The van der Waals surface area contributed by atoms with Crippen LogP contribution in [0, 0.1) is 0 Å². The van der Waals surface area contributed by atoms with Crippen LogP contribution in [0.3, 0.4) is 0 Å². The van der Waals surface area contributed by atoms with Gasteiger partial charge in [-0.2, -0.15) is 0 Å². The summed E-state index contributed by atoms with van der Waals surface area (Å²) in [5.74, 6) is 0.185. The third kappa shape index (κ3) is 1.71. The summed E-state index contributed by atoms with van der Waals surface area (Å²) in [5, 5.41) is 0. The summed E-state index contributed by atoms with van der Waals surface area (Å²) in [6.45, 7) is 6.80. The molecule has 1 heterocycles. The molecule has 11 heavy (non-hydrogen) atoms. The van der Waals surface area contributed by atoms with Crippen molar-refractivity contribution in [3.63, 3.8) is 0 Å². The number of hydrogen-bond acceptors (Lipinski definition) is 2. The first kappa shape index (κ1) is 8.53.